The summed E-state index contributed by atoms with van der Waals surface area (Å²) in [5.74, 6) is 1.77. The summed E-state index contributed by atoms with van der Waals surface area (Å²) in [6.07, 6.45) is 9.13. The van der Waals surface area contributed by atoms with Crippen molar-refractivity contribution in [2.75, 3.05) is 19.6 Å². The van der Waals surface area contributed by atoms with E-state index in [9.17, 15) is 0 Å². The van der Waals surface area contributed by atoms with Gasteiger partial charge in [-0.25, -0.2) is 0 Å². The molecule has 1 saturated heterocycles. The molecule has 1 aliphatic heterocycles. The third-order valence-corrected chi connectivity index (χ3v) is 4.04. The van der Waals surface area contributed by atoms with Crippen LogP contribution in [0.15, 0.2) is 36.0 Å². The molecule has 1 heteroatoms. The van der Waals surface area contributed by atoms with Crippen LogP contribution in [0.1, 0.15) is 40.5 Å². The van der Waals surface area contributed by atoms with Crippen molar-refractivity contribution in [3.8, 4) is 0 Å². The fraction of sp³-hybridized carbons (Fsp3) is 0.647. The molecule has 0 amide bonds. The van der Waals surface area contributed by atoms with Crippen LogP contribution < -0.4 is 0 Å². The standard InChI is InChI=1S/C17H29N/c1-6-15(4)7-8-16(5)13-18-11-9-17(10-12-18)14(2)3/h6-8,14,17H,5,9-13H2,1-4H3/b8-7-,15-6-. The smallest absolute Gasteiger partial charge is 0.0227 e. The Hall–Kier alpha value is -0.820. The molecule has 1 aliphatic rings. The maximum Gasteiger partial charge on any atom is 0.0227 e. The number of rotatable bonds is 5. The zero-order valence-electron chi connectivity index (χ0n) is 12.6. The van der Waals surface area contributed by atoms with Crippen molar-refractivity contribution in [2.45, 2.75) is 40.5 Å². The van der Waals surface area contributed by atoms with Crippen molar-refractivity contribution >= 4 is 0 Å². The molecule has 0 spiro atoms. The van der Waals surface area contributed by atoms with Crippen molar-refractivity contribution < 1.29 is 0 Å². The average molecular weight is 247 g/mol. The van der Waals surface area contributed by atoms with Gasteiger partial charge in [0.1, 0.15) is 0 Å². The van der Waals surface area contributed by atoms with E-state index in [2.05, 4.69) is 57.4 Å². The molecule has 1 rings (SSSR count). The lowest BCUT2D eigenvalue weighted by atomic mass is 9.86. The van der Waals surface area contributed by atoms with Crippen LogP contribution in [-0.2, 0) is 0 Å². The highest BCUT2D eigenvalue weighted by molar-refractivity contribution is 5.25. The third-order valence-electron chi connectivity index (χ3n) is 4.04. The van der Waals surface area contributed by atoms with Crippen LogP contribution in [-0.4, -0.2) is 24.5 Å². The Balaban J connectivity index is 2.33. The average Bonchev–Trinajstić information content (AvgIpc) is 2.36. The van der Waals surface area contributed by atoms with E-state index < -0.39 is 0 Å². The van der Waals surface area contributed by atoms with Gasteiger partial charge in [0.2, 0.25) is 0 Å². The van der Waals surface area contributed by atoms with Crippen LogP contribution in [0.5, 0.6) is 0 Å². The second-order valence-corrected chi connectivity index (χ2v) is 5.88. The Labute approximate surface area is 113 Å². The molecule has 0 atom stereocenters. The van der Waals surface area contributed by atoms with E-state index in [-0.39, 0.29) is 0 Å². The Morgan fingerprint density at radius 1 is 1.28 bits per heavy atom. The Kier molecular flexibility index (Phi) is 6.42. The second kappa shape index (κ2) is 7.58. The Morgan fingerprint density at radius 2 is 1.89 bits per heavy atom. The van der Waals surface area contributed by atoms with Crippen LogP contribution in [0.4, 0.5) is 0 Å². The first-order valence-corrected chi connectivity index (χ1v) is 7.24. The quantitative estimate of drug-likeness (QED) is 0.649. The van der Waals surface area contributed by atoms with Crippen LogP contribution in [0.2, 0.25) is 0 Å². The molecule has 0 aromatic heterocycles. The van der Waals surface area contributed by atoms with Crippen molar-refractivity contribution in [3.05, 3.63) is 36.0 Å². The zero-order chi connectivity index (χ0) is 13.5. The van der Waals surface area contributed by atoms with E-state index >= 15 is 0 Å². The fourth-order valence-corrected chi connectivity index (χ4v) is 2.46. The highest BCUT2D eigenvalue weighted by atomic mass is 15.1. The molecule has 18 heavy (non-hydrogen) atoms. The van der Waals surface area contributed by atoms with Gasteiger partial charge in [0.05, 0.1) is 0 Å². The minimum Gasteiger partial charge on any atom is -0.299 e. The second-order valence-electron chi connectivity index (χ2n) is 5.88. The first-order valence-electron chi connectivity index (χ1n) is 7.24. The molecule has 0 aliphatic carbocycles. The lowest BCUT2D eigenvalue weighted by Gasteiger charge is -2.33. The highest BCUT2D eigenvalue weighted by Gasteiger charge is 2.21. The fourth-order valence-electron chi connectivity index (χ4n) is 2.46. The van der Waals surface area contributed by atoms with Gasteiger partial charge in [0.15, 0.2) is 0 Å². The maximum absolute atomic E-state index is 4.15. The largest absolute Gasteiger partial charge is 0.299 e. The van der Waals surface area contributed by atoms with Crippen molar-refractivity contribution in [1.29, 1.82) is 0 Å². The minimum absolute atomic E-state index is 0.840. The highest BCUT2D eigenvalue weighted by Crippen LogP contribution is 2.24. The van der Waals surface area contributed by atoms with Crippen molar-refractivity contribution in [2.24, 2.45) is 11.8 Å². The molecule has 0 aromatic carbocycles. The van der Waals surface area contributed by atoms with Crippen molar-refractivity contribution in [3.63, 3.8) is 0 Å². The van der Waals surface area contributed by atoms with Gasteiger partial charge in [-0.3, -0.25) is 4.90 Å². The topological polar surface area (TPSA) is 3.24 Å². The number of allylic oxidation sites excluding steroid dienone is 3. The van der Waals surface area contributed by atoms with E-state index in [1.165, 1.54) is 37.1 Å². The Bertz CT molecular complexity index is 315. The number of piperidine rings is 1. The summed E-state index contributed by atoms with van der Waals surface area (Å²) in [7, 11) is 0. The molecule has 1 nitrogen and oxygen atoms in total. The van der Waals surface area contributed by atoms with E-state index in [0.717, 1.165) is 18.4 Å². The summed E-state index contributed by atoms with van der Waals surface area (Å²) in [4.78, 5) is 2.54. The SMILES string of the molecule is C=C(/C=C\C(C)=C/C)CN1CCC(C(C)C)CC1. The minimum atomic E-state index is 0.840. The molecule has 1 fully saturated rings. The van der Waals surface area contributed by atoms with E-state index in [4.69, 9.17) is 0 Å². The molecule has 1 heterocycles. The number of hydrogen-bond acceptors (Lipinski definition) is 1. The number of likely N-dealkylation sites (tertiary alicyclic amines) is 1. The maximum atomic E-state index is 4.15. The lowest BCUT2D eigenvalue weighted by molar-refractivity contribution is 0.169. The molecule has 0 bridgehead atoms. The Morgan fingerprint density at radius 3 is 2.39 bits per heavy atom. The first kappa shape index (κ1) is 15.2. The van der Waals surface area contributed by atoms with Gasteiger partial charge >= 0.3 is 0 Å². The van der Waals surface area contributed by atoms with Crippen LogP contribution in [0.25, 0.3) is 0 Å². The molecule has 102 valence electrons. The molecule has 0 aromatic rings. The van der Waals surface area contributed by atoms with E-state index in [1.54, 1.807) is 0 Å². The monoisotopic (exact) mass is 247 g/mol. The summed E-state index contributed by atoms with van der Waals surface area (Å²) < 4.78 is 0. The predicted molar refractivity (Wildman–Crippen MR) is 81.7 cm³/mol. The summed E-state index contributed by atoms with van der Waals surface area (Å²) in [5.41, 5.74) is 2.52. The molecular weight excluding hydrogens is 218 g/mol. The number of hydrogen-bond donors (Lipinski definition) is 0. The van der Waals surface area contributed by atoms with E-state index in [1.807, 2.05) is 0 Å². The van der Waals surface area contributed by atoms with Gasteiger partial charge in [-0.2, -0.15) is 0 Å². The zero-order valence-corrected chi connectivity index (χ0v) is 12.6. The van der Waals surface area contributed by atoms with Gasteiger partial charge in [-0.15, -0.1) is 0 Å². The van der Waals surface area contributed by atoms with Crippen LogP contribution in [0, 0.1) is 11.8 Å². The summed E-state index contributed by atoms with van der Waals surface area (Å²) in [6, 6.07) is 0. The molecule has 0 unspecified atom stereocenters. The molecular formula is C17H29N. The summed E-state index contributed by atoms with van der Waals surface area (Å²) >= 11 is 0. The van der Waals surface area contributed by atoms with Gasteiger partial charge in [-0.05, 0) is 57.2 Å². The molecule has 0 saturated carbocycles. The third kappa shape index (κ3) is 5.22. The number of nitrogens with zero attached hydrogens (tertiary/aromatic N) is 1. The van der Waals surface area contributed by atoms with Gasteiger partial charge in [-0.1, -0.05) is 44.2 Å². The molecule has 0 N–H and O–H groups in total. The molecule has 0 radical (unpaired) electrons. The summed E-state index contributed by atoms with van der Waals surface area (Å²) in [6.45, 7) is 16.5. The van der Waals surface area contributed by atoms with Crippen LogP contribution in [0.3, 0.4) is 0 Å². The normalized spacial score (nSPS) is 19.9. The predicted octanol–water partition coefficient (Wildman–Crippen LogP) is 4.43. The van der Waals surface area contributed by atoms with Gasteiger partial charge < -0.3 is 0 Å². The van der Waals surface area contributed by atoms with Crippen LogP contribution >= 0.6 is 0 Å². The van der Waals surface area contributed by atoms with Gasteiger partial charge in [0.25, 0.3) is 0 Å². The first-order chi connectivity index (χ1) is 8.52. The van der Waals surface area contributed by atoms with Crippen molar-refractivity contribution in [1.82, 2.24) is 4.90 Å². The van der Waals surface area contributed by atoms with Gasteiger partial charge in [0, 0.05) is 6.54 Å². The summed E-state index contributed by atoms with van der Waals surface area (Å²) in [5, 5.41) is 0. The van der Waals surface area contributed by atoms with E-state index in [0.29, 0.717) is 0 Å². The lowest BCUT2D eigenvalue weighted by Crippen LogP contribution is -2.36.